The van der Waals surface area contributed by atoms with Crippen molar-refractivity contribution in [2.75, 3.05) is 0 Å². The second-order valence-electron chi connectivity index (χ2n) is 10.4. The molecule has 0 saturated carbocycles. The van der Waals surface area contributed by atoms with Gasteiger partial charge in [-0.25, -0.2) is 8.78 Å². The van der Waals surface area contributed by atoms with E-state index in [0.29, 0.717) is 23.6 Å². The van der Waals surface area contributed by atoms with Crippen LogP contribution in [-0.2, 0) is 6.61 Å². The zero-order valence-electron chi connectivity index (χ0n) is 25.8. The van der Waals surface area contributed by atoms with Crippen molar-refractivity contribution in [2.24, 2.45) is 0 Å². The quantitative estimate of drug-likeness (QED) is 0.145. The van der Waals surface area contributed by atoms with Crippen LogP contribution in [0.3, 0.4) is 0 Å². The maximum Gasteiger partial charge on any atom is 0.314 e. The van der Waals surface area contributed by atoms with E-state index in [1.165, 1.54) is 36.5 Å². The number of alkyl halides is 4. The maximum atomic E-state index is 14.2. The predicted molar refractivity (Wildman–Crippen MR) is 168 cm³/mol. The minimum atomic E-state index is -2.91. The Morgan fingerprint density at radius 2 is 1.10 bits per heavy atom. The Labute approximate surface area is 284 Å². The van der Waals surface area contributed by atoms with E-state index < -0.39 is 36.3 Å². The smallest absolute Gasteiger partial charge is 0.314 e. The Bertz CT molecular complexity index is 2250. The molecule has 7 aromatic rings. The molecule has 51 heavy (non-hydrogen) atoms. The third kappa shape index (κ3) is 8.36. The molecule has 16 heteroatoms. The fourth-order valence-corrected chi connectivity index (χ4v) is 4.66. The zero-order valence-corrected chi connectivity index (χ0v) is 25.8. The van der Waals surface area contributed by atoms with Gasteiger partial charge in [0.05, 0.1) is 0 Å². The highest BCUT2D eigenvalue weighted by Crippen LogP contribution is 2.34. The molecule has 0 atom stereocenters. The van der Waals surface area contributed by atoms with E-state index in [1.54, 1.807) is 18.3 Å². The van der Waals surface area contributed by atoms with Gasteiger partial charge in [-0.3, -0.25) is 9.97 Å². The molecule has 4 aromatic heterocycles. The topological polar surface area (TPSA) is 133 Å². The van der Waals surface area contributed by atoms with Crippen LogP contribution in [0.15, 0.2) is 112 Å². The van der Waals surface area contributed by atoms with E-state index in [2.05, 4.69) is 30.4 Å². The van der Waals surface area contributed by atoms with Gasteiger partial charge < -0.3 is 18.7 Å². The highest BCUT2D eigenvalue weighted by atomic mass is 19.3. The Morgan fingerprint density at radius 3 is 1.63 bits per heavy atom. The van der Waals surface area contributed by atoms with Crippen molar-refractivity contribution in [3.8, 4) is 56.9 Å². The first-order valence-corrected chi connectivity index (χ1v) is 14.8. The van der Waals surface area contributed by atoms with Gasteiger partial charge in [-0.15, -0.1) is 20.4 Å². The second kappa shape index (κ2) is 15.3. The maximum absolute atomic E-state index is 14.2. The van der Waals surface area contributed by atoms with Crippen LogP contribution in [0.1, 0.15) is 30.2 Å². The van der Waals surface area contributed by atoms with Gasteiger partial charge in [0, 0.05) is 34.6 Å². The number of ether oxygens (including phenoxy) is 1. The lowest BCUT2D eigenvalue weighted by Crippen LogP contribution is -1.98. The molecule has 0 amide bonds. The molecule has 0 radical (unpaired) electrons. The van der Waals surface area contributed by atoms with Gasteiger partial charge in [0.15, 0.2) is 0 Å². The minimum Gasteiger partial charge on any atom is -0.506 e. The fraction of sp³-hybridized carbons (Fsp3) is 0.0857. The van der Waals surface area contributed by atoms with Crippen molar-refractivity contribution < 1.29 is 45.0 Å². The number of nitrogens with zero attached hydrogens (tertiary/aromatic N) is 6. The second-order valence-corrected chi connectivity index (χ2v) is 10.4. The van der Waals surface area contributed by atoms with Crippen LogP contribution in [-0.4, -0.2) is 35.5 Å². The molecule has 0 bridgehead atoms. The van der Waals surface area contributed by atoms with E-state index in [4.69, 9.17) is 13.6 Å². The molecule has 0 spiro atoms. The third-order valence-corrected chi connectivity index (χ3v) is 6.89. The molecule has 3 aromatic carbocycles. The van der Waals surface area contributed by atoms with Gasteiger partial charge in [-0.05, 0) is 66.2 Å². The first-order chi connectivity index (χ1) is 24.6. The molecular weight excluding hydrogens is 682 g/mol. The summed E-state index contributed by atoms with van der Waals surface area (Å²) >= 11 is 0. The molecule has 0 unspecified atom stereocenters. The molecule has 10 nitrogen and oxygen atoms in total. The summed E-state index contributed by atoms with van der Waals surface area (Å²) in [6, 6.07) is 23.4. The summed E-state index contributed by atoms with van der Waals surface area (Å²) in [7, 11) is 0. The zero-order chi connectivity index (χ0) is 35.9. The fourth-order valence-electron chi connectivity index (χ4n) is 4.66. The highest BCUT2D eigenvalue weighted by Gasteiger charge is 2.20. The summed E-state index contributed by atoms with van der Waals surface area (Å²) in [6.07, 6.45) is -2.83. The van der Waals surface area contributed by atoms with Gasteiger partial charge in [-0.1, -0.05) is 30.3 Å². The minimum absolute atomic E-state index is 0.111. The number of aromatic nitrogens is 6. The predicted octanol–water partition coefficient (Wildman–Crippen LogP) is 9.04. The van der Waals surface area contributed by atoms with Crippen molar-refractivity contribution in [1.82, 2.24) is 30.4 Å². The molecule has 0 aliphatic rings. The van der Waals surface area contributed by atoms with Crippen LogP contribution < -0.4 is 4.74 Å². The normalized spacial score (nSPS) is 11.1. The summed E-state index contributed by atoms with van der Waals surface area (Å²) in [4.78, 5) is 8.25. The van der Waals surface area contributed by atoms with Crippen LogP contribution in [0.4, 0.5) is 26.3 Å². The number of hydrogen-bond donors (Lipinski definition) is 1. The summed E-state index contributed by atoms with van der Waals surface area (Å²) in [5.74, 6) is -3.07. The van der Waals surface area contributed by atoms with Crippen LogP contribution in [0.2, 0.25) is 0 Å². The number of halogens is 6. The lowest BCUT2D eigenvalue weighted by Gasteiger charge is -2.11. The first kappa shape index (κ1) is 34.3. The van der Waals surface area contributed by atoms with E-state index in [-0.39, 0.29) is 39.9 Å². The standard InChI is InChI=1S/C21H14F3N3O2.C14H8F3N3O2/c22-16-10-14(9-15(11-16)20-26-27-21(29-20)19(23)24)18-17(7-4-8-25-18)28-12-13-5-2-1-3-6-13;15-9-5-7(11-10(21)2-1-3-18-11)4-8(6-9)13-19-20-14(22-13)12(16)17/h1-11,19H,12H2;1-6,12,21H. The lowest BCUT2D eigenvalue weighted by molar-refractivity contribution is 0.115. The molecule has 258 valence electrons. The first-order valence-electron chi connectivity index (χ1n) is 14.8. The Hall–Kier alpha value is -6.58. The molecular formula is C35H22F6N6O4. The molecule has 1 N–H and O–H groups in total. The van der Waals surface area contributed by atoms with Crippen molar-refractivity contribution >= 4 is 0 Å². The molecule has 0 saturated heterocycles. The van der Waals surface area contributed by atoms with E-state index in [1.807, 2.05) is 30.3 Å². The number of hydrogen-bond acceptors (Lipinski definition) is 10. The van der Waals surface area contributed by atoms with Crippen molar-refractivity contribution in [3.05, 3.63) is 132 Å². The molecule has 0 aliphatic carbocycles. The van der Waals surface area contributed by atoms with Crippen molar-refractivity contribution in [1.29, 1.82) is 0 Å². The third-order valence-electron chi connectivity index (χ3n) is 6.89. The number of rotatable bonds is 9. The van der Waals surface area contributed by atoms with E-state index in [9.17, 15) is 31.4 Å². The van der Waals surface area contributed by atoms with Gasteiger partial charge in [0.1, 0.15) is 41.1 Å². The van der Waals surface area contributed by atoms with E-state index in [0.717, 1.165) is 23.8 Å². The summed E-state index contributed by atoms with van der Waals surface area (Å²) < 4.78 is 93.9. The van der Waals surface area contributed by atoms with Gasteiger partial charge in [0.25, 0.3) is 11.8 Å². The summed E-state index contributed by atoms with van der Waals surface area (Å²) in [5.41, 5.74) is 2.44. The lowest BCUT2D eigenvalue weighted by atomic mass is 10.1. The summed E-state index contributed by atoms with van der Waals surface area (Å²) in [6.45, 7) is 0.309. The average Bonchev–Trinajstić information content (AvgIpc) is 3.83. The molecule has 0 fully saturated rings. The number of benzene rings is 3. The molecule has 0 aliphatic heterocycles. The Kier molecular flexibility index (Phi) is 10.3. The highest BCUT2D eigenvalue weighted by molar-refractivity contribution is 5.72. The largest absolute Gasteiger partial charge is 0.506 e. The van der Waals surface area contributed by atoms with Gasteiger partial charge in [0.2, 0.25) is 11.8 Å². The van der Waals surface area contributed by atoms with Crippen molar-refractivity contribution in [3.63, 3.8) is 0 Å². The average molecular weight is 705 g/mol. The molecule has 7 rings (SSSR count). The summed E-state index contributed by atoms with van der Waals surface area (Å²) in [5, 5.41) is 23.2. The number of pyridine rings is 2. The monoisotopic (exact) mass is 704 g/mol. The van der Waals surface area contributed by atoms with Gasteiger partial charge in [-0.2, -0.15) is 17.6 Å². The Morgan fingerprint density at radius 1 is 0.588 bits per heavy atom. The van der Waals surface area contributed by atoms with Crippen LogP contribution in [0.5, 0.6) is 11.5 Å². The SMILES string of the molecule is Fc1cc(-c2nnc(C(F)F)o2)cc(-c2ncccc2OCc2ccccc2)c1.Oc1cccnc1-c1cc(F)cc(-c2nnc(C(F)F)o2)c1. The molecule has 4 heterocycles. The van der Waals surface area contributed by atoms with Gasteiger partial charge >= 0.3 is 12.9 Å². The Balaban J connectivity index is 0.000000183. The van der Waals surface area contributed by atoms with Crippen molar-refractivity contribution in [2.45, 2.75) is 19.5 Å². The van der Waals surface area contributed by atoms with Crippen LogP contribution in [0, 0.1) is 11.6 Å². The number of aromatic hydroxyl groups is 1. The van der Waals surface area contributed by atoms with E-state index >= 15 is 0 Å². The van der Waals surface area contributed by atoms with Crippen LogP contribution in [0.25, 0.3) is 45.4 Å². The van der Waals surface area contributed by atoms with Crippen LogP contribution >= 0.6 is 0 Å².